The molecule has 0 spiro atoms. The van der Waals surface area contributed by atoms with Gasteiger partial charge in [0.2, 0.25) is 0 Å². The minimum Gasteiger partial charge on any atom is -0.457 e. The minimum absolute atomic E-state index is 0.0954. The number of rotatable bonds is 48. The highest BCUT2D eigenvalue weighted by atomic mass is 31.2. The Morgan fingerprint density at radius 1 is 0.465 bits per heavy atom. The Kier molecular flexibility index (Phi) is 44.7. The van der Waals surface area contributed by atoms with Crippen molar-refractivity contribution in [3.8, 4) is 0 Å². The van der Waals surface area contributed by atoms with Crippen LogP contribution in [0.25, 0.3) is 0 Å². The lowest BCUT2D eigenvalue weighted by Crippen LogP contribution is -2.64. The van der Waals surface area contributed by atoms with Gasteiger partial charge in [-0.05, 0) is 64.2 Å². The quantitative estimate of drug-likeness (QED) is 0.0146. The van der Waals surface area contributed by atoms with E-state index in [2.05, 4.69) is 86.8 Å². The van der Waals surface area contributed by atoms with Crippen molar-refractivity contribution in [2.75, 3.05) is 19.8 Å². The Morgan fingerprint density at radius 2 is 0.831 bits per heavy atom. The summed E-state index contributed by atoms with van der Waals surface area (Å²) >= 11 is 0. The van der Waals surface area contributed by atoms with E-state index >= 15 is 0 Å². The van der Waals surface area contributed by atoms with Gasteiger partial charge in [-0.3, -0.25) is 13.8 Å². The topological polar surface area (TPSA) is 192 Å². The number of carbonyl (C=O) groups excluding carboxylic acids is 1. The predicted octanol–water partition coefficient (Wildman–Crippen LogP) is 13.5. The van der Waals surface area contributed by atoms with E-state index in [1.165, 1.54) is 128 Å². The van der Waals surface area contributed by atoms with Crippen LogP contribution < -0.4 is 0 Å². The molecule has 1 fully saturated rings. The van der Waals surface area contributed by atoms with Gasteiger partial charge in [0, 0.05) is 13.0 Å². The maximum Gasteiger partial charge on any atom is 0.472 e. The minimum atomic E-state index is -5.04. The molecule has 12 nitrogen and oxygen atoms in total. The van der Waals surface area contributed by atoms with Gasteiger partial charge in [0.15, 0.2) is 0 Å². The van der Waals surface area contributed by atoms with E-state index in [4.69, 9.17) is 18.5 Å². The van der Waals surface area contributed by atoms with Gasteiger partial charge in [0.1, 0.15) is 42.7 Å². The number of esters is 1. The first-order chi connectivity index (χ1) is 34.5. The average Bonchev–Trinajstić information content (AvgIpc) is 3.36. The van der Waals surface area contributed by atoms with E-state index in [9.17, 15) is 39.8 Å². The first-order valence-corrected chi connectivity index (χ1v) is 29.8. The normalized spacial score (nSPS) is 21.3. The molecule has 0 aromatic rings. The molecular formula is C58H103O12P. The molecule has 0 heterocycles. The Hall–Kier alpha value is -2.22. The van der Waals surface area contributed by atoms with Gasteiger partial charge >= 0.3 is 13.8 Å². The largest absolute Gasteiger partial charge is 0.472 e. The zero-order valence-corrected chi connectivity index (χ0v) is 45.4. The molecule has 1 aliphatic rings. The summed E-state index contributed by atoms with van der Waals surface area (Å²) in [6, 6.07) is 0. The molecule has 0 saturated heterocycles. The number of allylic oxidation sites excluding steroid dienone is 12. The highest BCUT2D eigenvalue weighted by Gasteiger charge is 2.51. The molecule has 0 radical (unpaired) electrons. The number of hydrogen-bond acceptors (Lipinski definition) is 11. The average molecular weight is 1020 g/mol. The van der Waals surface area contributed by atoms with Gasteiger partial charge in [0.25, 0.3) is 0 Å². The van der Waals surface area contributed by atoms with Crippen LogP contribution in [0.15, 0.2) is 72.9 Å². The predicted molar refractivity (Wildman–Crippen MR) is 290 cm³/mol. The summed E-state index contributed by atoms with van der Waals surface area (Å²) in [6.45, 7) is 4.13. The second-order valence-electron chi connectivity index (χ2n) is 19.4. The van der Waals surface area contributed by atoms with Crippen molar-refractivity contribution in [2.24, 2.45) is 0 Å². The van der Waals surface area contributed by atoms with Crippen LogP contribution >= 0.6 is 7.82 Å². The Balaban J connectivity index is 2.33. The standard InChI is InChI=1S/C58H103O12P/c1-3-5-7-9-11-13-15-17-19-21-23-25-26-28-30-32-34-36-38-40-42-44-46-48-67-49-51(50-68-71(65,66)70-58-56(63)54(61)53(60)55(62)57(58)64)69-52(59)47-45-43-41-39-37-35-33-31-29-27-24-22-20-18-16-14-12-10-8-6-4-2/h6,8,12,14,18,20,24,27,31,33,37,39,51,53-58,60-64H,3-5,7,9-11,13,15-17,19,21-23,25-26,28-30,32,34-36,38,40-50H2,1-2H3,(H,65,66)/b8-6-,14-12-,20-18-,27-24-,33-31-,39-37-. The molecular weight excluding hydrogens is 920 g/mol. The van der Waals surface area contributed by atoms with E-state index in [1.807, 2.05) is 0 Å². The molecule has 6 atom stereocenters. The summed E-state index contributed by atoms with van der Waals surface area (Å²) in [5.74, 6) is -0.517. The van der Waals surface area contributed by atoms with E-state index in [-0.39, 0.29) is 13.0 Å². The SMILES string of the molecule is CC/C=C\C/C=C\C/C=C\C/C=C\C/C=C\C/C=C\CCCCC(=O)OC(COCCCCCCCCCCCCCCCCCCCCCCCCC)COP(=O)(O)OC1C(O)C(O)C(O)C(O)C1O. The van der Waals surface area contributed by atoms with Crippen molar-refractivity contribution in [2.45, 2.75) is 268 Å². The number of ether oxygens (including phenoxy) is 2. The summed E-state index contributed by atoms with van der Waals surface area (Å²) in [7, 11) is -5.04. The van der Waals surface area contributed by atoms with Crippen LogP contribution in [0.2, 0.25) is 0 Å². The highest BCUT2D eigenvalue weighted by Crippen LogP contribution is 2.47. The smallest absolute Gasteiger partial charge is 0.457 e. The lowest BCUT2D eigenvalue weighted by molar-refractivity contribution is -0.220. The monoisotopic (exact) mass is 1020 g/mol. The number of carbonyl (C=O) groups is 1. The molecule has 13 heteroatoms. The van der Waals surface area contributed by atoms with E-state index < -0.39 is 63.1 Å². The molecule has 0 aliphatic heterocycles. The third kappa shape index (κ3) is 38.9. The highest BCUT2D eigenvalue weighted by molar-refractivity contribution is 7.47. The summed E-state index contributed by atoms with van der Waals surface area (Å²) in [4.78, 5) is 23.3. The fraction of sp³-hybridized carbons (Fsp3) is 0.776. The fourth-order valence-electron chi connectivity index (χ4n) is 8.42. The van der Waals surface area contributed by atoms with Crippen molar-refractivity contribution < 1.29 is 58.3 Å². The number of unbranched alkanes of at least 4 members (excludes halogenated alkanes) is 24. The first-order valence-electron chi connectivity index (χ1n) is 28.3. The third-order valence-electron chi connectivity index (χ3n) is 12.8. The maximum absolute atomic E-state index is 12.9. The summed E-state index contributed by atoms with van der Waals surface area (Å²) < 4.78 is 34.3. The van der Waals surface area contributed by atoms with Gasteiger partial charge < -0.3 is 39.9 Å². The zero-order chi connectivity index (χ0) is 51.9. The van der Waals surface area contributed by atoms with Gasteiger partial charge in [-0.1, -0.05) is 228 Å². The molecule has 1 aliphatic carbocycles. The molecule has 1 rings (SSSR count). The second-order valence-corrected chi connectivity index (χ2v) is 20.8. The van der Waals surface area contributed by atoms with Crippen molar-refractivity contribution in [3.63, 3.8) is 0 Å². The van der Waals surface area contributed by atoms with Crippen LogP contribution in [0.5, 0.6) is 0 Å². The van der Waals surface area contributed by atoms with Gasteiger partial charge in [-0.2, -0.15) is 0 Å². The van der Waals surface area contributed by atoms with Gasteiger partial charge in [0.05, 0.1) is 13.2 Å². The van der Waals surface area contributed by atoms with Crippen molar-refractivity contribution in [3.05, 3.63) is 72.9 Å². The Labute approximate surface area is 431 Å². The molecule has 1 saturated carbocycles. The fourth-order valence-corrected chi connectivity index (χ4v) is 9.39. The zero-order valence-electron chi connectivity index (χ0n) is 44.5. The first kappa shape index (κ1) is 66.8. The Bertz CT molecular complexity index is 1450. The summed E-state index contributed by atoms with van der Waals surface area (Å²) in [5.41, 5.74) is 0. The van der Waals surface area contributed by atoms with Crippen LogP contribution in [0.1, 0.15) is 226 Å². The third-order valence-corrected chi connectivity index (χ3v) is 13.8. The lowest BCUT2D eigenvalue weighted by atomic mass is 9.85. The van der Waals surface area contributed by atoms with Crippen LogP contribution in [-0.4, -0.2) is 98.9 Å². The van der Waals surface area contributed by atoms with Gasteiger partial charge in [-0.15, -0.1) is 0 Å². The van der Waals surface area contributed by atoms with E-state index in [1.54, 1.807) is 0 Å². The van der Waals surface area contributed by atoms with E-state index in [0.717, 1.165) is 70.6 Å². The van der Waals surface area contributed by atoms with Crippen LogP contribution in [0.3, 0.4) is 0 Å². The molecule has 0 aromatic carbocycles. The van der Waals surface area contributed by atoms with Crippen molar-refractivity contribution in [1.82, 2.24) is 0 Å². The molecule has 0 bridgehead atoms. The number of phosphoric ester groups is 1. The van der Waals surface area contributed by atoms with Gasteiger partial charge in [-0.25, -0.2) is 4.57 Å². The summed E-state index contributed by atoms with van der Waals surface area (Å²) in [5, 5.41) is 50.4. The van der Waals surface area contributed by atoms with Crippen LogP contribution in [0, 0.1) is 0 Å². The van der Waals surface area contributed by atoms with Crippen molar-refractivity contribution >= 4 is 13.8 Å². The van der Waals surface area contributed by atoms with E-state index in [0.29, 0.717) is 13.0 Å². The second kappa shape index (κ2) is 47.5. The maximum atomic E-state index is 12.9. The molecule has 71 heavy (non-hydrogen) atoms. The summed E-state index contributed by atoms with van der Waals surface area (Å²) in [6.07, 6.45) is 51.2. The van der Waals surface area contributed by atoms with Crippen molar-refractivity contribution in [1.29, 1.82) is 0 Å². The molecule has 0 amide bonds. The molecule has 6 N–H and O–H groups in total. The number of hydrogen-bond donors (Lipinski definition) is 6. The Morgan fingerprint density at radius 3 is 1.24 bits per heavy atom. The number of aliphatic hydroxyl groups is 5. The van der Waals surface area contributed by atoms with Crippen LogP contribution in [-0.2, 0) is 27.9 Å². The van der Waals surface area contributed by atoms with Crippen LogP contribution in [0.4, 0.5) is 0 Å². The molecule has 0 aromatic heterocycles. The number of aliphatic hydroxyl groups excluding tert-OH is 5. The number of phosphoric acid groups is 1. The molecule has 412 valence electrons. The lowest BCUT2D eigenvalue weighted by Gasteiger charge is -2.41. The molecule has 6 unspecified atom stereocenters.